The normalized spacial score (nSPS) is 33.7. The van der Waals surface area contributed by atoms with E-state index >= 15 is 4.39 Å². The summed E-state index contributed by atoms with van der Waals surface area (Å²) in [5.41, 5.74) is 2.15. The number of likely N-dealkylation sites (tertiary alicyclic amines) is 1. The molecular formula is C28H32FN3O7. The molecule has 0 saturated carbocycles. The Hall–Kier alpha value is -3.28. The summed E-state index contributed by atoms with van der Waals surface area (Å²) >= 11 is 0. The number of carbonyl (C=O) groups is 3. The second kappa shape index (κ2) is 8.36. The van der Waals surface area contributed by atoms with Crippen molar-refractivity contribution in [3.8, 4) is 5.75 Å². The van der Waals surface area contributed by atoms with E-state index in [1.807, 2.05) is 7.05 Å². The molecule has 1 aromatic carbocycles. The van der Waals surface area contributed by atoms with Gasteiger partial charge in [-0.25, -0.2) is 4.39 Å². The topological polar surface area (TPSA) is 165 Å². The minimum absolute atomic E-state index is 0.0509. The molecule has 11 heteroatoms. The smallest absolute Gasteiger partial charge is 0.255 e. The third kappa shape index (κ3) is 3.09. The van der Waals surface area contributed by atoms with E-state index in [-0.39, 0.29) is 47.3 Å². The Morgan fingerprint density at radius 1 is 1.21 bits per heavy atom. The fourth-order valence-electron chi connectivity index (χ4n) is 7.99. The Morgan fingerprint density at radius 3 is 2.54 bits per heavy atom. The first-order chi connectivity index (χ1) is 18.4. The maximum absolute atomic E-state index is 16.2. The zero-order valence-corrected chi connectivity index (χ0v) is 22.0. The van der Waals surface area contributed by atoms with Gasteiger partial charge in [-0.05, 0) is 64.7 Å². The number of nitrogens with two attached hydrogens (primary N) is 1. The molecule has 39 heavy (non-hydrogen) atoms. The third-order valence-electron chi connectivity index (χ3n) is 9.92. The van der Waals surface area contributed by atoms with Gasteiger partial charge in [0.05, 0.1) is 11.6 Å². The van der Waals surface area contributed by atoms with Gasteiger partial charge in [0.2, 0.25) is 5.78 Å². The number of nitrogens with zero attached hydrogens (tertiary/aromatic N) is 2. The van der Waals surface area contributed by atoms with Crippen molar-refractivity contribution in [1.82, 2.24) is 9.80 Å². The molecule has 0 spiro atoms. The summed E-state index contributed by atoms with van der Waals surface area (Å²) in [5, 5.41) is 45.4. The van der Waals surface area contributed by atoms with Crippen LogP contribution in [0.3, 0.4) is 0 Å². The number of carbonyl (C=O) groups excluding carboxylic acids is 3. The van der Waals surface area contributed by atoms with Crippen molar-refractivity contribution in [3.05, 3.63) is 50.7 Å². The van der Waals surface area contributed by atoms with Gasteiger partial charge in [-0.15, -0.1) is 0 Å². The number of hydrogen-bond acceptors (Lipinski definition) is 9. The van der Waals surface area contributed by atoms with Crippen LogP contribution in [0.25, 0.3) is 0 Å². The first-order valence-corrected chi connectivity index (χ1v) is 13.3. The van der Waals surface area contributed by atoms with Crippen LogP contribution in [0.15, 0.2) is 22.7 Å². The lowest BCUT2D eigenvalue weighted by Gasteiger charge is -2.50. The monoisotopic (exact) mass is 541 g/mol. The molecule has 1 heterocycles. The largest absolute Gasteiger partial charge is 0.510 e. The van der Waals surface area contributed by atoms with E-state index < -0.39 is 63.9 Å². The number of Topliss-reactive ketones (excluding diaryl/α,β-unsaturated/α-hetero) is 2. The highest BCUT2D eigenvalue weighted by Crippen LogP contribution is 2.56. The molecule has 10 nitrogen and oxygen atoms in total. The van der Waals surface area contributed by atoms with E-state index in [1.54, 1.807) is 18.9 Å². The first-order valence-electron chi connectivity index (χ1n) is 13.3. The summed E-state index contributed by atoms with van der Waals surface area (Å²) in [7, 11) is 3.52. The maximum atomic E-state index is 16.2. The van der Waals surface area contributed by atoms with Gasteiger partial charge in [0.1, 0.15) is 28.7 Å². The fourth-order valence-corrected chi connectivity index (χ4v) is 7.99. The number of benzene rings is 1. The van der Waals surface area contributed by atoms with Gasteiger partial charge in [0.15, 0.2) is 11.4 Å². The number of hydrogen-bond donors (Lipinski definition) is 5. The standard InChI is InChI=1S/C28H32FN3O7/c1-4-31(2)21-14-9-11-8-12-17(22(33)13-7-10-5-6-32(3)20(10)16(13)19(12)29)23(34)15(11)25(36)28(14,39)26(37)18(24(21)35)27(30)38/h10-11,14,20-21,33,35-36,39H,4-9H2,1-3H3,(H2,30,38)/t10-,11+,14+,20?,21+,28+/m1/s1. The van der Waals surface area contributed by atoms with Crippen molar-refractivity contribution >= 4 is 17.5 Å². The Kier molecular flexibility index (Phi) is 5.57. The van der Waals surface area contributed by atoms with Crippen LogP contribution in [0.4, 0.5) is 4.39 Å². The predicted octanol–water partition coefficient (Wildman–Crippen LogP) is 1.20. The summed E-state index contributed by atoms with van der Waals surface area (Å²) in [4.78, 5) is 43.1. The van der Waals surface area contributed by atoms with E-state index in [2.05, 4.69) is 4.90 Å². The summed E-state index contributed by atoms with van der Waals surface area (Å²) in [5.74, 6) is -7.67. The van der Waals surface area contributed by atoms with Crippen molar-refractivity contribution < 1.29 is 39.2 Å². The van der Waals surface area contributed by atoms with Crippen LogP contribution < -0.4 is 5.73 Å². The van der Waals surface area contributed by atoms with Crippen molar-refractivity contribution in [3.63, 3.8) is 0 Å². The van der Waals surface area contributed by atoms with E-state index in [1.165, 1.54) is 0 Å². The van der Waals surface area contributed by atoms with Crippen molar-refractivity contribution in [2.24, 2.45) is 23.5 Å². The van der Waals surface area contributed by atoms with E-state index in [0.29, 0.717) is 24.1 Å². The molecule has 4 aliphatic carbocycles. The van der Waals surface area contributed by atoms with Crippen molar-refractivity contribution in [1.29, 1.82) is 0 Å². The van der Waals surface area contributed by atoms with Gasteiger partial charge in [0.25, 0.3) is 5.91 Å². The highest BCUT2D eigenvalue weighted by atomic mass is 19.1. The molecule has 6 N–H and O–H groups in total. The summed E-state index contributed by atoms with van der Waals surface area (Å²) in [6.45, 7) is 2.92. The molecule has 208 valence electrons. The van der Waals surface area contributed by atoms with Gasteiger partial charge in [-0.1, -0.05) is 6.92 Å². The zero-order chi connectivity index (χ0) is 28.3. The number of phenols is 1. The number of ketones is 2. The number of allylic oxidation sites excluding steroid dienone is 1. The Balaban J connectivity index is 1.54. The highest BCUT2D eigenvalue weighted by Gasteiger charge is 2.63. The number of halogens is 1. The molecule has 1 fully saturated rings. The zero-order valence-electron chi connectivity index (χ0n) is 22.0. The van der Waals surface area contributed by atoms with Gasteiger partial charge < -0.3 is 26.2 Å². The van der Waals surface area contributed by atoms with Crippen LogP contribution in [-0.4, -0.2) is 86.5 Å². The van der Waals surface area contributed by atoms with Crippen molar-refractivity contribution in [2.75, 3.05) is 27.2 Å². The Morgan fingerprint density at radius 2 is 1.90 bits per heavy atom. The van der Waals surface area contributed by atoms with Crippen LogP contribution in [0, 0.1) is 23.6 Å². The van der Waals surface area contributed by atoms with E-state index in [4.69, 9.17) is 5.73 Å². The molecule has 6 atom stereocenters. The minimum Gasteiger partial charge on any atom is -0.510 e. The lowest BCUT2D eigenvalue weighted by atomic mass is 9.58. The molecule has 1 amide bonds. The Bertz CT molecular complexity index is 1430. The number of rotatable bonds is 3. The van der Waals surface area contributed by atoms with Gasteiger partial charge in [-0.3, -0.25) is 24.2 Å². The van der Waals surface area contributed by atoms with Gasteiger partial charge in [-0.2, -0.15) is 0 Å². The van der Waals surface area contributed by atoms with E-state index in [9.17, 15) is 34.8 Å². The van der Waals surface area contributed by atoms with Crippen LogP contribution >= 0.6 is 0 Å². The summed E-state index contributed by atoms with van der Waals surface area (Å²) in [6, 6.07) is -1.27. The predicted molar refractivity (Wildman–Crippen MR) is 135 cm³/mol. The number of aliphatic hydroxyl groups excluding tert-OH is 2. The molecule has 1 aliphatic heterocycles. The quantitative estimate of drug-likeness (QED) is 0.354. The molecule has 0 radical (unpaired) electrons. The maximum Gasteiger partial charge on any atom is 0.255 e. The van der Waals surface area contributed by atoms with Gasteiger partial charge in [0, 0.05) is 34.2 Å². The van der Waals surface area contributed by atoms with Crippen molar-refractivity contribution in [2.45, 2.75) is 50.3 Å². The number of likely N-dealkylation sites (N-methyl/N-ethyl adjacent to an activating group) is 1. The number of primary amides is 1. The minimum atomic E-state index is -2.71. The van der Waals surface area contributed by atoms with Crippen LogP contribution in [0.1, 0.15) is 52.9 Å². The summed E-state index contributed by atoms with van der Waals surface area (Å²) in [6.07, 6.45) is 1.14. The molecule has 0 bridgehead atoms. The third-order valence-corrected chi connectivity index (χ3v) is 9.92. The number of aliphatic hydroxyl groups is 3. The lowest BCUT2D eigenvalue weighted by molar-refractivity contribution is -0.148. The number of amides is 1. The fraction of sp³-hybridized carbons (Fsp3) is 0.536. The molecule has 0 aromatic heterocycles. The van der Waals surface area contributed by atoms with Gasteiger partial charge >= 0.3 is 0 Å². The first kappa shape index (κ1) is 26.0. The summed E-state index contributed by atoms with van der Waals surface area (Å²) < 4.78 is 16.2. The van der Waals surface area contributed by atoms with Crippen LogP contribution in [0.5, 0.6) is 5.75 Å². The second-order valence-corrected chi connectivity index (χ2v) is 11.7. The molecule has 1 saturated heterocycles. The van der Waals surface area contributed by atoms with E-state index in [0.717, 1.165) is 13.0 Å². The molecule has 1 aromatic rings. The average Bonchev–Trinajstić information content (AvgIpc) is 3.44. The average molecular weight is 542 g/mol. The lowest BCUT2D eigenvalue weighted by Crippen LogP contribution is -2.64. The number of phenolic OH excluding ortho intramolecular Hbond substituents is 1. The Labute approximate surface area is 224 Å². The molecule has 1 unspecified atom stereocenters. The molecular weight excluding hydrogens is 509 g/mol. The van der Waals surface area contributed by atoms with Crippen LogP contribution in [0.2, 0.25) is 0 Å². The highest BCUT2D eigenvalue weighted by molar-refractivity contribution is 6.24. The molecule has 5 aliphatic rings. The van der Waals surface area contributed by atoms with Crippen LogP contribution in [-0.2, 0) is 22.4 Å². The molecule has 6 rings (SSSR count). The second-order valence-electron chi connectivity index (χ2n) is 11.7. The number of fused-ring (bicyclic) bond motifs is 6. The SMILES string of the molecule is CCN(C)[C@@H]1C(O)=C(C(N)=O)C(=O)[C@@]2(O)C(O)=C3C(=O)c4c(O)c5c(c(F)c4C[C@H]3C[C@@H]12)C1[C@H](CCN1C)C5. The number of aromatic hydroxyl groups is 1.